The maximum absolute atomic E-state index is 12.1. The highest BCUT2D eigenvalue weighted by atomic mass is 32.2. The van der Waals surface area contributed by atoms with Crippen LogP contribution in [0.5, 0.6) is 0 Å². The molecule has 18 heavy (non-hydrogen) atoms. The normalized spacial score (nSPS) is 26.4. The van der Waals surface area contributed by atoms with E-state index in [4.69, 9.17) is 0 Å². The number of hydrogen-bond donors (Lipinski definition) is 0. The Balaban J connectivity index is 2.46. The number of carbonyl (C=O) groups is 1. The average Bonchev–Trinajstić information content (AvgIpc) is 2.17. The zero-order chi connectivity index (χ0) is 14.0. The minimum atomic E-state index is -4.18. The number of Topliss-reactive ketones (excluding diaryl/α,β-unsaturated/α-hetero) is 1. The van der Waals surface area contributed by atoms with Crippen molar-refractivity contribution in [1.82, 2.24) is 0 Å². The molecule has 0 aromatic rings. The molecule has 0 amide bonds. The molecule has 0 saturated heterocycles. The number of alkyl halides is 3. The van der Waals surface area contributed by atoms with Crippen LogP contribution in [0.2, 0.25) is 0 Å². The SMILES string of the molecule is CC(C)(C)C1CCC(=O)C(CCSC(F)(F)F)C1. The lowest BCUT2D eigenvalue weighted by atomic mass is 9.68. The zero-order valence-electron chi connectivity index (χ0n) is 11.1. The number of hydrogen-bond acceptors (Lipinski definition) is 2. The van der Waals surface area contributed by atoms with Crippen LogP contribution in [0.15, 0.2) is 0 Å². The Labute approximate surface area is 111 Å². The van der Waals surface area contributed by atoms with Crippen LogP contribution >= 0.6 is 11.8 Å². The third-order valence-corrected chi connectivity index (χ3v) is 4.49. The quantitative estimate of drug-likeness (QED) is 0.748. The van der Waals surface area contributed by atoms with Crippen LogP contribution < -0.4 is 0 Å². The van der Waals surface area contributed by atoms with Crippen LogP contribution in [0, 0.1) is 17.3 Å². The molecule has 0 spiro atoms. The average molecular weight is 282 g/mol. The van der Waals surface area contributed by atoms with E-state index in [-0.39, 0.29) is 34.6 Å². The van der Waals surface area contributed by atoms with Crippen molar-refractivity contribution in [1.29, 1.82) is 0 Å². The minimum Gasteiger partial charge on any atom is -0.299 e. The Kier molecular flexibility index (Phi) is 5.15. The van der Waals surface area contributed by atoms with E-state index in [9.17, 15) is 18.0 Å². The summed E-state index contributed by atoms with van der Waals surface area (Å²) in [5.41, 5.74) is -4.04. The fourth-order valence-corrected chi connectivity index (χ4v) is 3.13. The van der Waals surface area contributed by atoms with Crippen LogP contribution in [-0.4, -0.2) is 17.0 Å². The van der Waals surface area contributed by atoms with Gasteiger partial charge < -0.3 is 0 Å². The molecule has 0 radical (unpaired) electrons. The maximum atomic E-state index is 12.1. The molecule has 1 fully saturated rings. The molecule has 1 nitrogen and oxygen atoms in total. The molecule has 0 bridgehead atoms. The lowest BCUT2D eigenvalue weighted by molar-refractivity contribution is -0.126. The van der Waals surface area contributed by atoms with Gasteiger partial charge in [0.1, 0.15) is 5.78 Å². The number of ketones is 1. The molecular formula is C13H21F3OS. The van der Waals surface area contributed by atoms with Gasteiger partial charge in [-0.05, 0) is 30.6 Å². The number of rotatable bonds is 3. The van der Waals surface area contributed by atoms with Crippen LogP contribution in [0.4, 0.5) is 13.2 Å². The first-order valence-corrected chi connectivity index (χ1v) is 7.31. The van der Waals surface area contributed by atoms with Gasteiger partial charge in [-0.15, -0.1) is 0 Å². The van der Waals surface area contributed by atoms with Gasteiger partial charge >= 0.3 is 5.51 Å². The van der Waals surface area contributed by atoms with Crippen molar-refractivity contribution in [2.24, 2.45) is 17.3 Å². The van der Waals surface area contributed by atoms with Gasteiger partial charge in [0, 0.05) is 18.1 Å². The molecule has 0 aliphatic heterocycles. The number of carbonyl (C=O) groups excluding carboxylic acids is 1. The van der Waals surface area contributed by atoms with Crippen LogP contribution in [0.3, 0.4) is 0 Å². The molecule has 0 heterocycles. The zero-order valence-corrected chi connectivity index (χ0v) is 12.0. The second-order valence-corrected chi connectivity index (χ2v) is 7.24. The second-order valence-electron chi connectivity index (χ2n) is 6.08. The standard InChI is InChI=1S/C13H21F3OS/c1-12(2,3)10-4-5-11(17)9(8-10)6-7-18-13(14,15)16/h9-10H,4-8H2,1-3H3. The van der Waals surface area contributed by atoms with Gasteiger partial charge in [-0.3, -0.25) is 4.79 Å². The van der Waals surface area contributed by atoms with E-state index < -0.39 is 5.51 Å². The van der Waals surface area contributed by atoms with Crippen molar-refractivity contribution < 1.29 is 18.0 Å². The maximum Gasteiger partial charge on any atom is 0.441 e. The van der Waals surface area contributed by atoms with E-state index in [2.05, 4.69) is 20.8 Å². The molecule has 5 heteroatoms. The molecule has 0 aromatic carbocycles. The Morgan fingerprint density at radius 3 is 2.39 bits per heavy atom. The third kappa shape index (κ3) is 5.21. The second kappa shape index (κ2) is 5.85. The van der Waals surface area contributed by atoms with Crippen molar-refractivity contribution in [2.45, 2.75) is 52.0 Å². The fraction of sp³-hybridized carbons (Fsp3) is 0.923. The summed E-state index contributed by atoms with van der Waals surface area (Å²) in [5, 5.41) is 0. The number of thioether (sulfide) groups is 1. The van der Waals surface area contributed by atoms with E-state index in [1.807, 2.05) is 0 Å². The lowest BCUT2D eigenvalue weighted by Gasteiger charge is -2.37. The van der Waals surface area contributed by atoms with Crippen molar-refractivity contribution in [2.75, 3.05) is 5.75 Å². The summed E-state index contributed by atoms with van der Waals surface area (Å²) >= 11 is -0.0142. The largest absolute Gasteiger partial charge is 0.441 e. The Hall–Kier alpha value is -0.190. The summed E-state index contributed by atoms with van der Waals surface area (Å²) in [4.78, 5) is 11.7. The lowest BCUT2D eigenvalue weighted by Crippen LogP contribution is -2.32. The predicted molar refractivity (Wildman–Crippen MR) is 68.4 cm³/mol. The topological polar surface area (TPSA) is 17.1 Å². The van der Waals surface area contributed by atoms with Crippen molar-refractivity contribution in [3.63, 3.8) is 0 Å². The Morgan fingerprint density at radius 1 is 1.28 bits per heavy atom. The first kappa shape index (κ1) is 15.9. The monoisotopic (exact) mass is 282 g/mol. The molecule has 1 aliphatic carbocycles. The van der Waals surface area contributed by atoms with E-state index >= 15 is 0 Å². The highest BCUT2D eigenvalue weighted by molar-refractivity contribution is 8.00. The van der Waals surface area contributed by atoms with Gasteiger partial charge in [0.05, 0.1) is 0 Å². The molecule has 0 aromatic heterocycles. The van der Waals surface area contributed by atoms with Gasteiger partial charge in [0.25, 0.3) is 0 Å². The van der Waals surface area contributed by atoms with Crippen molar-refractivity contribution in [3.05, 3.63) is 0 Å². The highest BCUT2D eigenvalue weighted by Crippen LogP contribution is 2.41. The fourth-order valence-electron chi connectivity index (χ4n) is 2.50. The predicted octanol–water partition coefficient (Wildman–Crippen LogP) is 4.66. The molecule has 1 rings (SSSR count). The molecule has 2 unspecified atom stereocenters. The van der Waals surface area contributed by atoms with Crippen LogP contribution in [0.25, 0.3) is 0 Å². The molecule has 2 atom stereocenters. The highest BCUT2D eigenvalue weighted by Gasteiger charge is 2.35. The van der Waals surface area contributed by atoms with E-state index in [1.165, 1.54) is 0 Å². The first-order valence-electron chi connectivity index (χ1n) is 6.33. The molecular weight excluding hydrogens is 261 g/mol. The van der Waals surface area contributed by atoms with Crippen molar-refractivity contribution >= 4 is 17.5 Å². The van der Waals surface area contributed by atoms with Crippen LogP contribution in [0.1, 0.15) is 46.5 Å². The minimum absolute atomic E-state index is 0.00320. The van der Waals surface area contributed by atoms with E-state index in [0.717, 1.165) is 12.8 Å². The smallest absolute Gasteiger partial charge is 0.299 e. The summed E-state index contributed by atoms with van der Waals surface area (Å²) in [6, 6.07) is 0. The molecule has 106 valence electrons. The van der Waals surface area contributed by atoms with E-state index in [0.29, 0.717) is 18.8 Å². The summed E-state index contributed by atoms with van der Waals surface area (Å²) in [6.07, 6.45) is 2.52. The molecule has 0 N–H and O–H groups in total. The van der Waals surface area contributed by atoms with Crippen LogP contribution in [-0.2, 0) is 4.79 Å². The van der Waals surface area contributed by atoms with Gasteiger partial charge in [0.2, 0.25) is 0 Å². The van der Waals surface area contributed by atoms with Gasteiger partial charge in [-0.25, -0.2) is 0 Å². The molecule has 1 saturated carbocycles. The van der Waals surface area contributed by atoms with Gasteiger partial charge in [-0.1, -0.05) is 32.5 Å². The Bertz CT molecular complexity index is 294. The third-order valence-electron chi connectivity index (χ3n) is 3.72. The van der Waals surface area contributed by atoms with Crippen molar-refractivity contribution in [3.8, 4) is 0 Å². The summed E-state index contributed by atoms with van der Waals surface area (Å²) in [7, 11) is 0. The van der Waals surface area contributed by atoms with Gasteiger partial charge in [-0.2, -0.15) is 13.2 Å². The summed E-state index contributed by atoms with van der Waals surface area (Å²) in [6.45, 7) is 6.40. The number of halogens is 3. The summed E-state index contributed by atoms with van der Waals surface area (Å²) in [5.74, 6) is 0.420. The molecule has 1 aliphatic rings. The van der Waals surface area contributed by atoms with E-state index in [1.54, 1.807) is 0 Å². The first-order chi connectivity index (χ1) is 8.09. The Morgan fingerprint density at radius 2 is 1.89 bits per heavy atom. The van der Waals surface area contributed by atoms with Gasteiger partial charge in [0.15, 0.2) is 0 Å². The summed E-state index contributed by atoms with van der Waals surface area (Å²) < 4.78 is 36.2.